The summed E-state index contributed by atoms with van der Waals surface area (Å²) in [5.41, 5.74) is 2.33. The number of ether oxygens (including phenoxy) is 1. The molecule has 0 heterocycles. The van der Waals surface area contributed by atoms with Gasteiger partial charge < -0.3 is 20.7 Å². The SMILES string of the molecule is CC(C)=CC(/C=C/S(=O)(=O)Cc1ccccc1)NC(=O)C(NC(=O)C(C)NC(=O)OCc1ccccc1)C(C)C. The lowest BCUT2D eigenvalue weighted by atomic mass is 10.0. The van der Waals surface area contributed by atoms with Gasteiger partial charge >= 0.3 is 6.09 Å². The Morgan fingerprint density at radius 1 is 0.825 bits per heavy atom. The van der Waals surface area contributed by atoms with Crippen LogP contribution in [-0.4, -0.2) is 44.5 Å². The van der Waals surface area contributed by atoms with Crippen LogP contribution in [0.15, 0.2) is 83.8 Å². The molecule has 40 heavy (non-hydrogen) atoms. The molecule has 0 aliphatic carbocycles. The molecule has 0 aromatic heterocycles. The first-order valence-corrected chi connectivity index (χ1v) is 14.8. The summed E-state index contributed by atoms with van der Waals surface area (Å²) in [7, 11) is -3.59. The third kappa shape index (κ3) is 11.9. The molecule has 216 valence electrons. The van der Waals surface area contributed by atoms with E-state index in [0.717, 1.165) is 16.5 Å². The zero-order chi connectivity index (χ0) is 29.7. The first-order valence-electron chi connectivity index (χ1n) is 13.0. The van der Waals surface area contributed by atoms with E-state index in [-0.39, 0.29) is 18.3 Å². The molecule has 9 nitrogen and oxygen atoms in total. The number of carbonyl (C=O) groups excluding carboxylic acids is 3. The van der Waals surface area contributed by atoms with Crippen LogP contribution in [0.2, 0.25) is 0 Å². The topological polar surface area (TPSA) is 131 Å². The van der Waals surface area contributed by atoms with E-state index in [4.69, 9.17) is 4.74 Å². The van der Waals surface area contributed by atoms with Gasteiger partial charge in [0.2, 0.25) is 11.8 Å². The zero-order valence-corrected chi connectivity index (χ0v) is 24.4. The quantitative estimate of drug-likeness (QED) is 0.312. The maximum Gasteiger partial charge on any atom is 0.408 e. The summed E-state index contributed by atoms with van der Waals surface area (Å²) in [6, 6.07) is 15.3. The van der Waals surface area contributed by atoms with E-state index in [2.05, 4.69) is 16.0 Å². The predicted molar refractivity (Wildman–Crippen MR) is 156 cm³/mol. The van der Waals surface area contributed by atoms with Gasteiger partial charge in [0.1, 0.15) is 18.7 Å². The number of carbonyl (C=O) groups is 3. The summed E-state index contributed by atoms with van der Waals surface area (Å²) in [6.07, 6.45) is 2.37. The molecule has 0 saturated heterocycles. The van der Waals surface area contributed by atoms with Crippen molar-refractivity contribution in [1.82, 2.24) is 16.0 Å². The van der Waals surface area contributed by atoms with Gasteiger partial charge in [-0.05, 0) is 43.9 Å². The first kappa shape index (κ1) is 32.3. The first-order chi connectivity index (χ1) is 18.9. The number of sulfone groups is 1. The summed E-state index contributed by atoms with van der Waals surface area (Å²) in [4.78, 5) is 38.1. The van der Waals surface area contributed by atoms with Gasteiger partial charge in [0.05, 0.1) is 11.8 Å². The predicted octanol–water partition coefficient (Wildman–Crippen LogP) is 4.02. The molecular weight excluding hydrogens is 530 g/mol. The van der Waals surface area contributed by atoms with Crippen molar-refractivity contribution in [2.75, 3.05) is 0 Å². The highest BCUT2D eigenvalue weighted by Gasteiger charge is 2.28. The van der Waals surface area contributed by atoms with Crippen LogP contribution >= 0.6 is 0 Å². The maximum absolute atomic E-state index is 13.2. The second-order valence-corrected chi connectivity index (χ2v) is 11.9. The van der Waals surface area contributed by atoms with Crippen molar-refractivity contribution >= 4 is 27.7 Å². The minimum absolute atomic E-state index is 0.0539. The van der Waals surface area contributed by atoms with E-state index in [0.29, 0.717) is 5.56 Å². The Morgan fingerprint density at radius 3 is 1.95 bits per heavy atom. The van der Waals surface area contributed by atoms with Crippen molar-refractivity contribution in [3.63, 3.8) is 0 Å². The molecule has 3 N–H and O–H groups in total. The second-order valence-electron chi connectivity index (χ2n) is 10.1. The molecule has 3 unspecified atom stereocenters. The average molecular weight is 570 g/mol. The number of hydrogen-bond acceptors (Lipinski definition) is 6. The van der Waals surface area contributed by atoms with E-state index in [1.165, 1.54) is 13.0 Å². The smallest absolute Gasteiger partial charge is 0.408 e. The molecule has 0 radical (unpaired) electrons. The molecule has 3 amide bonds. The Balaban J connectivity index is 2.01. The molecule has 2 rings (SSSR count). The number of allylic oxidation sites excluding steroid dienone is 1. The number of alkyl carbamates (subject to hydrolysis) is 1. The summed E-state index contributed by atoms with van der Waals surface area (Å²) >= 11 is 0. The van der Waals surface area contributed by atoms with Crippen molar-refractivity contribution in [2.45, 2.75) is 65.1 Å². The van der Waals surface area contributed by atoms with Crippen LogP contribution in [0.4, 0.5) is 4.79 Å². The van der Waals surface area contributed by atoms with E-state index in [1.807, 2.05) is 50.2 Å². The Hall–Kier alpha value is -3.92. The Kier molecular flexibility index (Phi) is 12.6. The summed E-state index contributed by atoms with van der Waals surface area (Å²) in [6.45, 7) is 8.74. The normalized spacial score (nSPS) is 13.7. The maximum atomic E-state index is 13.2. The van der Waals surface area contributed by atoms with Crippen LogP contribution in [0.5, 0.6) is 0 Å². The van der Waals surface area contributed by atoms with Gasteiger partial charge in [0.15, 0.2) is 9.84 Å². The van der Waals surface area contributed by atoms with Crippen molar-refractivity contribution in [1.29, 1.82) is 0 Å². The van der Waals surface area contributed by atoms with Gasteiger partial charge in [-0.25, -0.2) is 13.2 Å². The number of nitrogens with one attached hydrogen (secondary N) is 3. The molecular formula is C30H39N3O6S. The van der Waals surface area contributed by atoms with Crippen LogP contribution in [0.25, 0.3) is 0 Å². The fraction of sp³-hybridized carbons (Fsp3) is 0.367. The summed E-state index contributed by atoms with van der Waals surface area (Å²) < 4.78 is 30.4. The molecule has 2 aromatic carbocycles. The van der Waals surface area contributed by atoms with Crippen LogP contribution in [0.3, 0.4) is 0 Å². The summed E-state index contributed by atoms with van der Waals surface area (Å²) in [5.74, 6) is -1.51. The van der Waals surface area contributed by atoms with Gasteiger partial charge in [-0.2, -0.15) is 0 Å². The Bertz CT molecular complexity index is 1290. The highest BCUT2D eigenvalue weighted by atomic mass is 32.2. The van der Waals surface area contributed by atoms with Crippen LogP contribution in [-0.2, 0) is 36.5 Å². The third-order valence-corrected chi connectivity index (χ3v) is 7.02. The monoisotopic (exact) mass is 569 g/mol. The van der Waals surface area contributed by atoms with E-state index in [9.17, 15) is 22.8 Å². The lowest BCUT2D eigenvalue weighted by molar-refractivity contribution is -0.130. The van der Waals surface area contributed by atoms with Gasteiger partial charge in [0.25, 0.3) is 0 Å². The molecule has 0 saturated carbocycles. The van der Waals surface area contributed by atoms with Crippen LogP contribution in [0, 0.1) is 5.92 Å². The number of amides is 3. The molecule has 0 aliphatic heterocycles. The van der Waals surface area contributed by atoms with E-state index < -0.39 is 45.9 Å². The molecule has 0 bridgehead atoms. The minimum atomic E-state index is -3.59. The van der Waals surface area contributed by atoms with Crippen LogP contribution < -0.4 is 16.0 Å². The molecule has 0 fully saturated rings. The van der Waals surface area contributed by atoms with Gasteiger partial charge in [-0.1, -0.05) is 86.2 Å². The van der Waals surface area contributed by atoms with Crippen LogP contribution in [0.1, 0.15) is 45.7 Å². The van der Waals surface area contributed by atoms with Crippen molar-refractivity contribution in [3.8, 4) is 0 Å². The van der Waals surface area contributed by atoms with Crippen molar-refractivity contribution in [2.24, 2.45) is 5.92 Å². The highest BCUT2D eigenvalue weighted by molar-refractivity contribution is 7.93. The number of hydrogen-bond donors (Lipinski definition) is 3. The fourth-order valence-electron chi connectivity index (χ4n) is 3.64. The van der Waals surface area contributed by atoms with Gasteiger partial charge in [0, 0.05) is 5.41 Å². The molecule has 0 spiro atoms. The van der Waals surface area contributed by atoms with Gasteiger partial charge in [-0.15, -0.1) is 0 Å². The average Bonchev–Trinajstić information content (AvgIpc) is 2.89. The van der Waals surface area contributed by atoms with Gasteiger partial charge in [-0.3, -0.25) is 9.59 Å². The minimum Gasteiger partial charge on any atom is -0.445 e. The molecule has 3 atom stereocenters. The van der Waals surface area contributed by atoms with E-state index in [1.54, 1.807) is 44.2 Å². The molecule has 0 aliphatic rings. The largest absolute Gasteiger partial charge is 0.445 e. The fourth-order valence-corrected chi connectivity index (χ4v) is 4.80. The Morgan fingerprint density at radius 2 is 1.40 bits per heavy atom. The standard InChI is InChI=1S/C30H39N3O6S/c1-21(2)18-26(16-17-40(37,38)20-25-14-10-7-11-15-25)32-29(35)27(22(3)4)33-28(34)23(5)31-30(36)39-19-24-12-8-6-9-13-24/h6-18,22-23,26-27H,19-20H2,1-5H3,(H,31,36)(H,32,35)(H,33,34)/b17-16+. The summed E-state index contributed by atoms with van der Waals surface area (Å²) in [5, 5.41) is 9.03. The number of benzene rings is 2. The molecule has 10 heteroatoms. The van der Waals surface area contributed by atoms with E-state index >= 15 is 0 Å². The Labute approximate surface area is 237 Å². The third-order valence-electron chi connectivity index (χ3n) is 5.71. The second kappa shape index (κ2) is 15.6. The van der Waals surface area contributed by atoms with Crippen molar-refractivity contribution < 1.29 is 27.5 Å². The number of rotatable bonds is 13. The highest BCUT2D eigenvalue weighted by Crippen LogP contribution is 2.10. The zero-order valence-electron chi connectivity index (χ0n) is 23.6. The lowest BCUT2D eigenvalue weighted by Gasteiger charge is -2.25. The van der Waals surface area contributed by atoms with Crippen molar-refractivity contribution in [3.05, 3.63) is 94.9 Å². The molecule has 2 aromatic rings. The lowest BCUT2D eigenvalue weighted by Crippen LogP contribution is -2.55.